The Kier molecular flexibility index (Phi) is 6.19. The minimum absolute atomic E-state index is 0.0353. The van der Waals surface area contributed by atoms with E-state index in [0.29, 0.717) is 17.9 Å². The van der Waals surface area contributed by atoms with Gasteiger partial charge in [-0.25, -0.2) is 0 Å². The normalized spacial score (nSPS) is 11.8. The Hall–Kier alpha value is -1.71. The summed E-state index contributed by atoms with van der Waals surface area (Å²) in [4.78, 5) is 11.9. The lowest BCUT2D eigenvalue weighted by atomic mass is 10.1. The number of carbonyl (C=O) groups is 1. The molecule has 0 bridgehead atoms. The summed E-state index contributed by atoms with van der Waals surface area (Å²) in [6, 6.07) is 5.75. The van der Waals surface area contributed by atoms with Gasteiger partial charge in [-0.05, 0) is 31.0 Å². The number of hydrogen-bond donors (Lipinski definition) is 1. The van der Waals surface area contributed by atoms with Crippen molar-refractivity contribution in [1.82, 2.24) is 5.32 Å². The van der Waals surface area contributed by atoms with Crippen LogP contribution in [0.3, 0.4) is 0 Å². The highest BCUT2D eigenvalue weighted by Gasteiger charge is 2.10. The first-order valence-corrected chi connectivity index (χ1v) is 6.61. The van der Waals surface area contributed by atoms with Crippen molar-refractivity contribution in [3.63, 3.8) is 0 Å². The van der Waals surface area contributed by atoms with Gasteiger partial charge in [0.05, 0.1) is 20.6 Å². The highest BCUT2D eigenvalue weighted by atomic mass is 16.5. The van der Waals surface area contributed by atoms with Gasteiger partial charge in [-0.15, -0.1) is 0 Å². The molecule has 106 valence electrons. The van der Waals surface area contributed by atoms with Gasteiger partial charge in [-0.3, -0.25) is 4.79 Å². The molecule has 1 N–H and O–H groups in total. The number of carbonyl (C=O) groups excluding carboxylic acids is 1. The molecule has 0 radical (unpaired) electrons. The van der Waals surface area contributed by atoms with Gasteiger partial charge >= 0.3 is 0 Å². The van der Waals surface area contributed by atoms with Crippen molar-refractivity contribution in [2.24, 2.45) is 0 Å². The second kappa shape index (κ2) is 7.67. The van der Waals surface area contributed by atoms with Crippen molar-refractivity contribution in [2.45, 2.75) is 39.2 Å². The molecule has 4 nitrogen and oxygen atoms in total. The van der Waals surface area contributed by atoms with Gasteiger partial charge in [0, 0.05) is 6.04 Å². The molecular weight excluding hydrogens is 242 g/mol. The van der Waals surface area contributed by atoms with Crippen LogP contribution >= 0.6 is 0 Å². The molecule has 1 amide bonds. The molecule has 0 spiro atoms. The predicted molar refractivity (Wildman–Crippen MR) is 75.8 cm³/mol. The van der Waals surface area contributed by atoms with Crippen LogP contribution in [0, 0.1) is 0 Å². The van der Waals surface area contributed by atoms with Gasteiger partial charge in [0.15, 0.2) is 11.5 Å². The Morgan fingerprint density at radius 1 is 1.26 bits per heavy atom. The molecule has 1 unspecified atom stereocenters. The molecule has 0 heterocycles. The molecule has 0 aromatic heterocycles. The maximum atomic E-state index is 11.9. The van der Waals surface area contributed by atoms with E-state index < -0.39 is 0 Å². The zero-order chi connectivity index (χ0) is 14.3. The van der Waals surface area contributed by atoms with Crippen molar-refractivity contribution in [3.8, 4) is 11.5 Å². The minimum Gasteiger partial charge on any atom is -0.493 e. The fourth-order valence-corrected chi connectivity index (χ4v) is 2.01. The average molecular weight is 265 g/mol. The van der Waals surface area contributed by atoms with E-state index in [9.17, 15) is 4.79 Å². The summed E-state index contributed by atoms with van der Waals surface area (Å²) in [5, 5.41) is 2.98. The Labute approximate surface area is 115 Å². The first-order chi connectivity index (χ1) is 9.10. The van der Waals surface area contributed by atoms with Gasteiger partial charge in [0.1, 0.15) is 0 Å². The smallest absolute Gasteiger partial charge is 0.224 e. The number of ether oxygens (including phenoxy) is 2. The quantitative estimate of drug-likeness (QED) is 0.824. The van der Waals surface area contributed by atoms with Crippen molar-refractivity contribution in [1.29, 1.82) is 0 Å². The largest absolute Gasteiger partial charge is 0.493 e. The molecule has 1 aromatic rings. The fourth-order valence-electron chi connectivity index (χ4n) is 2.01. The molecule has 4 heteroatoms. The number of methoxy groups -OCH3 is 2. The standard InChI is InChI=1S/C15H23NO3/c1-5-6-11(2)16-15(17)10-12-7-8-13(18-3)14(9-12)19-4/h7-9,11H,5-6,10H2,1-4H3,(H,16,17). The van der Waals surface area contributed by atoms with Crippen LogP contribution in [0.5, 0.6) is 11.5 Å². The SMILES string of the molecule is CCCC(C)NC(=O)Cc1ccc(OC)c(OC)c1. The number of amides is 1. The molecule has 0 saturated carbocycles. The van der Waals surface area contributed by atoms with Gasteiger partial charge in [0.2, 0.25) is 5.91 Å². The maximum Gasteiger partial charge on any atom is 0.224 e. The van der Waals surface area contributed by atoms with Crippen molar-refractivity contribution >= 4 is 5.91 Å². The summed E-state index contributed by atoms with van der Waals surface area (Å²) in [6.45, 7) is 4.13. The third-order valence-electron chi connectivity index (χ3n) is 2.94. The lowest BCUT2D eigenvalue weighted by Crippen LogP contribution is -2.33. The van der Waals surface area contributed by atoms with Crippen LogP contribution in [0.4, 0.5) is 0 Å². The third kappa shape index (κ3) is 4.81. The van der Waals surface area contributed by atoms with E-state index in [-0.39, 0.29) is 11.9 Å². The maximum absolute atomic E-state index is 11.9. The number of benzene rings is 1. The lowest BCUT2D eigenvalue weighted by molar-refractivity contribution is -0.121. The minimum atomic E-state index is 0.0353. The monoisotopic (exact) mass is 265 g/mol. The number of rotatable bonds is 7. The van der Waals surface area contributed by atoms with E-state index >= 15 is 0 Å². The summed E-state index contributed by atoms with van der Waals surface area (Å²) in [6.07, 6.45) is 2.42. The molecule has 1 rings (SSSR count). The summed E-state index contributed by atoms with van der Waals surface area (Å²) in [5.74, 6) is 1.36. The van der Waals surface area contributed by atoms with E-state index in [1.54, 1.807) is 14.2 Å². The Balaban J connectivity index is 2.64. The van der Waals surface area contributed by atoms with Crippen LogP contribution in [-0.2, 0) is 11.2 Å². The molecule has 1 aromatic carbocycles. The second-order valence-corrected chi connectivity index (χ2v) is 4.62. The average Bonchev–Trinajstić information content (AvgIpc) is 2.38. The van der Waals surface area contributed by atoms with Crippen molar-refractivity contribution in [3.05, 3.63) is 23.8 Å². The molecule has 1 atom stereocenters. The lowest BCUT2D eigenvalue weighted by Gasteiger charge is -2.13. The number of hydrogen-bond acceptors (Lipinski definition) is 3. The van der Waals surface area contributed by atoms with E-state index in [1.807, 2.05) is 25.1 Å². The Morgan fingerprint density at radius 2 is 1.95 bits per heavy atom. The van der Waals surface area contributed by atoms with Gasteiger partial charge < -0.3 is 14.8 Å². The van der Waals surface area contributed by atoms with Gasteiger partial charge in [-0.1, -0.05) is 19.4 Å². The molecule has 0 aliphatic heterocycles. The van der Waals surface area contributed by atoms with Crippen molar-refractivity contribution in [2.75, 3.05) is 14.2 Å². The fraction of sp³-hybridized carbons (Fsp3) is 0.533. The molecular formula is C15H23NO3. The van der Waals surface area contributed by atoms with E-state index in [0.717, 1.165) is 18.4 Å². The first-order valence-electron chi connectivity index (χ1n) is 6.61. The van der Waals surface area contributed by atoms with E-state index in [2.05, 4.69) is 12.2 Å². The van der Waals surface area contributed by atoms with Crippen LogP contribution in [0.15, 0.2) is 18.2 Å². The zero-order valence-corrected chi connectivity index (χ0v) is 12.2. The van der Waals surface area contributed by atoms with Crippen LogP contribution < -0.4 is 14.8 Å². The predicted octanol–water partition coefficient (Wildman–Crippen LogP) is 2.55. The summed E-state index contributed by atoms with van der Waals surface area (Å²) in [5.41, 5.74) is 0.916. The summed E-state index contributed by atoms with van der Waals surface area (Å²) >= 11 is 0. The molecule has 0 aliphatic rings. The molecule has 19 heavy (non-hydrogen) atoms. The summed E-state index contributed by atoms with van der Waals surface area (Å²) < 4.78 is 10.4. The first kappa shape index (κ1) is 15.3. The Bertz CT molecular complexity index is 418. The van der Waals surface area contributed by atoms with Gasteiger partial charge in [0.25, 0.3) is 0 Å². The van der Waals surface area contributed by atoms with Crippen LogP contribution in [0.1, 0.15) is 32.3 Å². The topological polar surface area (TPSA) is 47.6 Å². The van der Waals surface area contributed by atoms with Crippen LogP contribution in [0.2, 0.25) is 0 Å². The molecule has 0 fully saturated rings. The highest BCUT2D eigenvalue weighted by Crippen LogP contribution is 2.27. The van der Waals surface area contributed by atoms with Gasteiger partial charge in [-0.2, -0.15) is 0 Å². The second-order valence-electron chi connectivity index (χ2n) is 4.62. The van der Waals surface area contributed by atoms with E-state index in [4.69, 9.17) is 9.47 Å². The third-order valence-corrected chi connectivity index (χ3v) is 2.94. The molecule has 0 aliphatic carbocycles. The number of nitrogens with one attached hydrogen (secondary N) is 1. The van der Waals surface area contributed by atoms with Crippen LogP contribution in [-0.4, -0.2) is 26.2 Å². The van der Waals surface area contributed by atoms with Crippen LogP contribution in [0.25, 0.3) is 0 Å². The molecule has 0 saturated heterocycles. The van der Waals surface area contributed by atoms with E-state index in [1.165, 1.54) is 0 Å². The van der Waals surface area contributed by atoms with Crippen molar-refractivity contribution < 1.29 is 14.3 Å². The highest BCUT2D eigenvalue weighted by molar-refractivity contribution is 5.79. The Morgan fingerprint density at radius 3 is 2.53 bits per heavy atom. The zero-order valence-electron chi connectivity index (χ0n) is 12.2. The summed E-state index contributed by atoms with van der Waals surface area (Å²) in [7, 11) is 3.18.